The van der Waals surface area contributed by atoms with Crippen molar-refractivity contribution in [2.45, 2.75) is 0 Å². The number of anilines is 2. The van der Waals surface area contributed by atoms with Crippen molar-refractivity contribution in [1.29, 1.82) is 0 Å². The summed E-state index contributed by atoms with van der Waals surface area (Å²) in [7, 11) is 2.13. The first kappa shape index (κ1) is 16.2. The molecule has 1 nitrogen and oxygen atoms in total. The van der Waals surface area contributed by atoms with Crippen molar-refractivity contribution in [3.05, 3.63) is 109 Å². The van der Waals surface area contributed by atoms with E-state index in [9.17, 15) is 0 Å². The van der Waals surface area contributed by atoms with Gasteiger partial charge >= 0.3 is 0 Å². The van der Waals surface area contributed by atoms with Crippen LogP contribution in [0.4, 0.5) is 11.4 Å². The SMILES string of the molecule is CN(c1ccccc1)c1cc(-c2ccccc2)ccc1-c1ccccc1. The lowest BCUT2D eigenvalue weighted by Crippen LogP contribution is -2.10. The van der Waals surface area contributed by atoms with E-state index < -0.39 is 0 Å². The standard InChI is InChI=1S/C25H21N/c1-26(23-15-9-4-10-16-23)25-19-22(20-11-5-2-6-12-20)17-18-24(25)21-13-7-3-8-14-21/h2-19H,1H3. The predicted octanol–water partition coefficient (Wildman–Crippen LogP) is 6.79. The van der Waals surface area contributed by atoms with Gasteiger partial charge in [-0.05, 0) is 34.9 Å². The van der Waals surface area contributed by atoms with Crippen LogP contribution in [0.2, 0.25) is 0 Å². The van der Waals surface area contributed by atoms with Crippen LogP contribution in [0.5, 0.6) is 0 Å². The normalized spacial score (nSPS) is 10.5. The summed E-state index contributed by atoms with van der Waals surface area (Å²) >= 11 is 0. The monoisotopic (exact) mass is 335 g/mol. The van der Waals surface area contributed by atoms with E-state index in [1.54, 1.807) is 0 Å². The molecule has 1 heteroatoms. The first-order valence-electron chi connectivity index (χ1n) is 8.86. The Bertz CT molecular complexity index is 976. The largest absolute Gasteiger partial charge is 0.344 e. The maximum absolute atomic E-state index is 2.28. The highest BCUT2D eigenvalue weighted by Gasteiger charge is 2.12. The minimum atomic E-state index is 1.18. The second kappa shape index (κ2) is 7.28. The van der Waals surface area contributed by atoms with Crippen molar-refractivity contribution in [2.75, 3.05) is 11.9 Å². The molecule has 0 unspecified atom stereocenters. The Morgan fingerprint density at radius 2 is 1.04 bits per heavy atom. The van der Waals surface area contributed by atoms with Crippen LogP contribution in [0, 0.1) is 0 Å². The predicted molar refractivity (Wildman–Crippen MR) is 112 cm³/mol. The van der Waals surface area contributed by atoms with Gasteiger partial charge in [-0.3, -0.25) is 0 Å². The number of hydrogen-bond donors (Lipinski definition) is 0. The van der Waals surface area contributed by atoms with Gasteiger partial charge in [0.05, 0.1) is 0 Å². The number of hydrogen-bond acceptors (Lipinski definition) is 1. The van der Waals surface area contributed by atoms with Crippen LogP contribution in [-0.4, -0.2) is 7.05 Å². The van der Waals surface area contributed by atoms with Crippen LogP contribution in [0.3, 0.4) is 0 Å². The molecule has 26 heavy (non-hydrogen) atoms. The van der Waals surface area contributed by atoms with Crippen LogP contribution in [0.15, 0.2) is 109 Å². The van der Waals surface area contributed by atoms with Gasteiger partial charge in [0.2, 0.25) is 0 Å². The highest BCUT2D eigenvalue weighted by molar-refractivity contribution is 5.86. The van der Waals surface area contributed by atoms with Gasteiger partial charge in [-0.25, -0.2) is 0 Å². The summed E-state index contributed by atoms with van der Waals surface area (Å²) in [5, 5.41) is 0. The molecule has 0 radical (unpaired) electrons. The summed E-state index contributed by atoms with van der Waals surface area (Å²) in [6.45, 7) is 0. The van der Waals surface area contributed by atoms with E-state index in [1.165, 1.54) is 33.6 Å². The van der Waals surface area contributed by atoms with Crippen LogP contribution >= 0.6 is 0 Å². The van der Waals surface area contributed by atoms with E-state index in [-0.39, 0.29) is 0 Å². The molecule has 0 amide bonds. The third-order valence-electron chi connectivity index (χ3n) is 4.69. The smallest absolute Gasteiger partial charge is 0.0494 e. The summed E-state index contributed by atoms with van der Waals surface area (Å²) in [6, 6.07) is 38.3. The lowest BCUT2D eigenvalue weighted by atomic mass is 9.97. The van der Waals surface area contributed by atoms with Gasteiger partial charge in [-0.15, -0.1) is 0 Å². The van der Waals surface area contributed by atoms with Crippen molar-refractivity contribution in [3.8, 4) is 22.3 Å². The third kappa shape index (κ3) is 3.25. The third-order valence-corrected chi connectivity index (χ3v) is 4.69. The lowest BCUT2D eigenvalue weighted by Gasteiger charge is -2.24. The first-order chi connectivity index (χ1) is 12.8. The summed E-state index contributed by atoms with van der Waals surface area (Å²) in [4.78, 5) is 2.26. The van der Waals surface area contributed by atoms with Gasteiger partial charge in [0.1, 0.15) is 0 Å². The molecular weight excluding hydrogens is 314 g/mol. The molecule has 0 bridgehead atoms. The highest BCUT2D eigenvalue weighted by Crippen LogP contribution is 2.37. The zero-order chi connectivity index (χ0) is 17.8. The van der Waals surface area contributed by atoms with Crippen molar-refractivity contribution in [3.63, 3.8) is 0 Å². The molecule has 0 heterocycles. The van der Waals surface area contributed by atoms with E-state index in [4.69, 9.17) is 0 Å². The number of benzene rings is 4. The molecule has 0 fully saturated rings. The van der Waals surface area contributed by atoms with E-state index in [0.29, 0.717) is 0 Å². The van der Waals surface area contributed by atoms with Crippen molar-refractivity contribution in [2.24, 2.45) is 0 Å². The van der Waals surface area contributed by atoms with Crippen LogP contribution in [0.1, 0.15) is 0 Å². The molecule has 0 spiro atoms. The van der Waals surface area contributed by atoms with Crippen LogP contribution < -0.4 is 4.90 Å². The number of nitrogens with zero attached hydrogens (tertiary/aromatic N) is 1. The Balaban J connectivity index is 1.87. The van der Waals surface area contributed by atoms with Crippen LogP contribution in [-0.2, 0) is 0 Å². The number of rotatable bonds is 4. The second-order valence-electron chi connectivity index (χ2n) is 6.36. The molecule has 0 aliphatic heterocycles. The van der Waals surface area contributed by atoms with Gasteiger partial charge in [-0.2, -0.15) is 0 Å². The minimum absolute atomic E-state index is 1.18. The Hall–Kier alpha value is -3.32. The maximum Gasteiger partial charge on any atom is 0.0494 e. The summed E-state index contributed by atoms with van der Waals surface area (Å²) in [5.74, 6) is 0. The summed E-state index contributed by atoms with van der Waals surface area (Å²) in [6.07, 6.45) is 0. The lowest BCUT2D eigenvalue weighted by molar-refractivity contribution is 1.21. The van der Waals surface area contributed by atoms with Crippen molar-refractivity contribution >= 4 is 11.4 Å². The van der Waals surface area contributed by atoms with Crippen molar-refractivity contribution in [1.82, 2.24) is 0 Å². The average Bonchev–Trinajstić information content (AvgIpc) is 2.75. The Kier molecular flexibility index (Phi) is 4.53. The molecule has 0 aliphatic rings. The fourth-order valence-electron chi connectivity index (χ4n) is 3.27. The fourth-order valence-corrected chi connectivity index (χ4v) is 3.27. The molecular formula is C25H21N. The van der Waals surface area contributed by atoms with Gasteiger partial charge in [0, 0.05) is 24.0 Å². The first-order valence-corrected chi connectivity index (χ1v) is 8.86. The molecule has 4 aromatic rings. The van der Waals surface area contributed by atoms with E-state index >= 15 is 0 Å². The van der Waals surface area contributed by atoms with Gasteiger partial charge < -0.3 is 4.90 Å². The molecule has 4 rings (SSSR count). The molecule has 0 saturated carbocycles. The Labute approximate surface area is 155 Å². The molecule has 0 N–H and O–H groups in total. The topological polar surface area (TPSA) is 3.24 Å². The molecule has 0 aliphatic carbocycles. The average molecular weight is 335 g/mol. The van der Waals surface area contributed by atoms with E-state index in [1.807, 2.05) is 0 Å². The van der Waals surface area contributed by atoms with Crippen LogP contribution in [0.25, 0.3) is 22.3 Å². The van der Waals surface area contributed by atoms with Gasteiger partial charge in [0.25, 0.3) is 0 Å². The second-order valence-corrected chi connectivity index (χ2v) is 6.36. The summed E-state index contributed by atoms with van der Waals surface area (Å²) < 4.78 is 0. The van der Waals surface area contributed by atoms with Gasteiger partial charge in [0.15, 0.2) is 0 Å². The molecule has 0 saturated heterocycles. The molecule has 126 valence electrons. The zero-order valence-electron chi connectivity index (χ0n) is 14.8. The quantitative estimate of drug-likeness (QED) is 0.397. The Morgan fingerprint density at radius 3 is 1.65 bits per heavy atom. The molecule has 4 aromatic carbocycles. The van der Waals surface area contributed by atoms with Gasteiger partial charge in [-0.1, -0.05) is 91.0 Å². The maximum atomic E-state index is 2.28. The molecule has 0 atom stereocenters. The Morgan fingerprint density at radius 1 is 0.500 bits per heavy atom. The van der Waals surface area contributed by atoms with Crippen molar-refractivity contribution < 1.29 is 0 Å². The fraction of sp³-hybridized carbons (Fsp3) is 0.0400. The summed E-state index contributed by atoms with van der Waals surface area (Å²) in [5.41, 5.74) is 7.29. The molecule has 0 aromatic heterocycles. The highest BCUT2D eigenvalue weighted by atomic mass is 15.1. The zero-order valence-corrected chi connectivity index (χ0v) is 14.8. The van der Waals surface area contributed by atoms with E-state index in [0.717, 1.165) is 0 Å². The van der Waals surface area contributed by atoms with E-state index in [2.05, 4.69) is 121 Å². The minimum Gasteiger partial charge on any atom is -0.344 e. The number of para-hydroxylation sites is 1.